The van der Waals surface area contributed by atoms with E-state index in [0.29, 0.717) is 23.2 Å². The van der Waals surface area contributed by atoms with Gasteiger partial charge in [-0.05, 0) is 45.6 Å². The third-order valence-electron chi connectivity index (χ3n) is 3.64. The first-order valence-corrected chi connectivity index (χ1v) is 7.35. The summed E-state index contributed by atoms with van der Waals surface area (Å²) in [7, 11) is 0. The molecule has 0 N–H and O–H groups in total. The summed E-state index contributed by atoms with van der Waals surface area (Å²) in [6, 6.07) is 2.21. The lowest BCUT2D eigenvalue weighted by molar-refractivity contribution is 0.0579. The molecule has 1 heterocycles. The highest BCUT2D eigenvalue weighted by Gasteiger charge is 2.29. The molecular formula is C14H20ClN3O. The van der Waals surface area contributed by atoms with Crippen molar-refractivity contribution in [2.24, 2.45) is 0 Å². The van der Waals surface area contributed by atoms with Gasteiger partial charge in [0.25, 0.3) is 5.91 Å². The van der Waals surface area contributed by atoms with Crippen LogP contribution < -0.4 is 0 Å². The van der Waals surface area contributed by atoms with Crippen molar-refractivity contribution < 1.29 is 4.79 Å². The summed E-state index contributed by atoms with van der Waals surface area (Å²) in [4.78, 5) is 14.6. The number of carbonyl (C=O) groups is 1. The number of alkyl halides is 1. The third-order valence-corrected chi connectivity index (χ3v) is 3.91. The second-order valence-corrected chi connectivity index (χ2v) is 5.49. The average Bonchev–Trinajstić information content (AvgIpc) is 2.34. The van der Waals surface area contributed by atoms with Gasteiger partial charge in [-0.1, -0.05) is 0 Å². The number of halogens is 1. The number of carbonyl (C=O) groups excluding carboxylic acids is 1. The van der Waals surface area contributed by atoms with E-state index < -0.39 is 0 Å². The highest BCUT2D eigenvalue weighted by Crippen LogP contribution is 2.27. The summed E-state index contributed by atoms with van der Waals surface area (Å²) in [6.45, 7) is 4.42. The van der Waals surface area contributed by atoms with Crippen LogP contribution in [0.15, 0.2) is 6.07 Å². The molecule has 104 valence electrons. The summed E-state index contributed by atoms with van der Waals surface area (Å²) in [5.41, 5.74) is 2.15. The smallest absolute Gasteiger partial charge is 0.256 e. The van der Waals surface area contributed by atoms with E-state index in [1.54, 1.807) is 0 Å². The van der Waals surface area contributed by atoms with Crippen molar-refractivity contribution in [3.8, 4) is 0 Å². The fourth-order valence-corrected chi connectivity index (χ4v) is 2.42. The predicted molar refractivity (Wildman–Crippen MR) is 75.5 cm³/mol. The van der Waals surface area contributed by atoms with E-state index in [4.69, 9.17) is 11.6 Å². The molecule has 1 aromatic heterocycles. The molecule has 0 aliphatic heterocycles. The minimum Gasteiger partial charge on any atom is -0.336 e. The summed E-state index contributed by atoms with van der Waals surface area (Å²) in [6.07, 6.45) is 4.25. The van der Waals surface area contributed by atoms with Gasteiger partial charge in [0, 0.05) is 18.5 Å². The van der Waals surface area contributed by atoms with Gasteiger partial charge in [0.05, 0.1) is 17.0 Å². The Morgan fingerprint density at radius 3 is 2.74 bits per heavy atom. The molecular weight excluding hydrogens is 262 g/mol. The number of rotatable bonds is 5. The molecule has 0 aromatic carbocycles. The van der Waals surface area contributed by atoms with Crippen LogP contribution in [0.25, 0.3) is 0 Å². The van der Waals surface area contributed by atoms with Gasteiger partial charge in [-0.25, -0.2) is 0 Å². The molecule has 4 nitrogen and oxygen atoms in total. The van der Waals surface area contributed by atoms with Crippen LogP contribution in [0, 0.1) is 13.8 Å². The normalized spacial score (nSPS) is 15.1. The van der Waals surface area contributed by atoms with Gasteiger partial charge in [0.1, 0.15) is 0 Å². The molecule has 1 fully saturated rings. The Morgan fingerprint density at radius 1 is 1.42 bits per heavy atom. The minimum absolute atomic E-state index is 0.0744. The van der Waals surface area contributed by atoms with Gasteiger partial charge in [0.2, 0.25) is 0 Å². The van der Waals surface area contributed by atoms with Gasteiger partial charge < -0.3 is 4.90 Å². The van der Waals surface area contributed by atoms with Crippen molar-refractivity contribution in [3.05, 3.63) is 23.0 Å². The van der Waals surface area contributed by atoms with Crippen LogP contribution in [0.5, 0.6) is 0 Å². The fourth-order valence-electron chi connectivity index (χ4n) is 2.30. The Hall–Kier alpha value is -1.16. The number of aryl methyl sites for hydroxylation is 2. The SMILES string of the molecule is Cc1cc(C(=O)N(CCCCl)C2CCC2)c(C)nn1. The number of nitrogens with zero attached hydrogens (tertiary/aromatic N) is 3. The van der Waals surface area contributed by atoms with E-state index >= 15 is 0 Å². The molecule has 2 rings (SSSR count). The van der Waals surface area contributed by atoms with Gasteiger partial charge >= 0.3 is 0 Å². The molecule has 0 atom stereocenters. The Balaban J connectivity index is 2.19. The number of aromatic nitrogens is 2. The maximum atomic E-state index is 12.7. The van der Waals surface area contributed by atoms with E-state index in [2.05, 4.69) is 10.2 Å². The van der Waals surface area contributed by atoms with Crippen LogP contribution in [-0.2, 0) is 0 Å². The van der Waals surface area contributed by atoms with Crippen LogP contribution in [0.4, 0.5) is 0 Å². The highest BCUT2D eigenvalue weighted by molar-refractivity contribution is 6.17. The van der Waals surface area contributed by atoms with Crippen molar-refractivity contribution in [1.29, 1.82) is 0 Å². The fraction of sp³-hybridized carbons (Fsp3) is 0.643. The Morgan fingerprint density at radius 2 is 2.16 bits per heavy atom. The first-order chi connectivity index (χ1) is 9.13. The molecule has 0 saturated heterocycles. The lowest BCUT2D eigenvalue weighted by atomic mass is 9.90. The average molecular weight is 282 g/mol. The van der Waals surface area contributed by atoms with Crippen LogP contribution in [0.1, 0.15) is 47.4 Å². The van der Waals surface area contributed by atoms with E-state index in [1.807, 2.05) is 24.8 Å². The number of hydrogen-bond donors (Lipinski definition) is 0. The second-order valence-electron chi connectivity index (χ2n) is 5.11. The third kappa shape index (κ3) is 3.24. The first kappa shape index (κ1) is 14.3. The molecule has 0 spiro atoms. The molecule has 1 saturated carbocycles. The van der Waals surface area contributed by atoms with Crippen molar-refractivity contribution >= 4 is 17.5 Å². The highest BCUT2D eigenvalue weighted by atomic mass is 35.5. The summed E-state index contributed by atoms with van der Waals surface area (Å²) in [5.74, 6) is 0.661. The second kappa shape index (κ2) is 6.33. The molecule has 0 bridgehead atoms. The topological polar surface area (TPSA) is 46.1 Å². The lowest BCUT2D eigenvalue weighted by Gasteiger charge is -2.37. The van der Waals surface area contributed by atoms with E-state index in [-0.39, 0.29) is 5.91 Å². The largest absolute Gasteiger partial charge is 0.336 e. The molecule has 1 aliphatic carbocycles. The van der Waals surface area contributed by atoms with Crippen molar-refractivity contribution in [1.82, 2.24) is 15.1 Å². The van der Waals surface area contributed by atoms with Gasteiger partial charge in [-0.3, -0.25) is 4.79 Å². The molecule has 1 amide bonds. The Labute approximate surface area is 119 Å². The van der Waals surface area contributed by atoms with E-state index in [0.717, 1.165) is 31.5 Å². The van der Waals surface area contributed by atoms with Crippen LogP contribution in [0.3, 0.4) is 0 Å². The molecule has 19 heavy (non-hydrogen) atoms. The van der Waals surface area contributed by atoms with Crippen molar-refractivity contribution in [3.63, 3.8) is 0 Å². The maximum absolute atomic E-state index is 12.7. The number of amides is 1. The quantitative estimate of drug-likeness (QED) is 0.780. The number of hydrogen-bond acceptors (Lipinski definition) is 3. The standard InChI is InChI=1S/C14H20ClN3O/c1-10-9-13(11(2)17-16-10)14(19)18(8-4-7-15)12-5-3-6-12/h9,12H,3-8H2,1-2H3. The first-order valence-electron chi connectivity index (χ1n) is 6.81. The van der Waals surface area contributed by atoms with Crippen LogP contribution >= 0.6 is 11.6 Å². The van der Waals surface area contributed by atoms with E-state index in [9.17, 15) is 4.79 Å². The summed E-state index contributed by atoms with van der Waals surface area (Å²) in [5, 5.41) is 8.02. The van der Waals surface area contributed by atoms with Crippen LogP contribution in [0.2, 0.25) is 0 Å². The maximum Gasteiger partial charge on any atom is 0.256 e. The van der Waals surface area contributed by atoms with Crippen molar-refractivity contribution in [2.75, 3.05) is 12.4 Å². The Kier molecular flexibility index (Phi) is 4.75. The summed E-state index contributed by atoms with van der Waals surface area (Å²) < 4.78 is 0. The van der Waals surface area contributed by atoms with Gasteiger partial charge in [0.15, 0.2) is 0 Å². The molecule has 0 unspecified atom stereocenters. The molecule has 1 aromatic rings. The predicted octanol–water partition coefficient (Wildman–Crippen LogP) is 2.72. The molecule has 1 aliphatic rings. The zero-order valence-electron chi connectivity index (χ0n) is 11.5. The zero-order chi connectivity index (χ0) is 13.8. The molecule has 0 radical (unpaired) electrons. The van der Waals surface area contributed by atoms with Gasteiger partial charge in [-0.2, -0.15) is 10.2 Å². The van der Waals surface area contributed by atoms with Gasteiger partial charge in [-0.15, -0.1) is 11.6 Å². The zero-order valence-corrected chi connectivity index (χ0v) is 12.3. The summed E-state index contributed by atoms with van der Waals surface area (Å²) >= 11 is 5.76. The van der Waals surface area contributed by atoms with Crippen molar-refractivity contribution in [2.45, 2.75) is 45.6 Å². The monoisotopic (exact) mass is 281 g/mol. The minimum atomic E-state index is 0.0744. The lowest BCUT2D eigenvalue weighted by Crippen LogP contribution is -2.45. The van der Waals surface area contributed by atoms with E-state index in [1.165, 1.54) is 6.42 Å². The van der Waals surface area contributed by atoms with Crippen LogP contribution in [-0.4, -0.2) is 39.5 Å². The Bertz CT molecular complexity index is 460. The molecule has 5 heteroatoms.